The lowest BCUT2D eigenvalue weighted by atomic mass is 9.81. The van der Waals surface area contributed by atoms with Crippen LogP contribution in [0.4, 0.5) is 0 Å². The topological polar surface area (TPSA) is 49.7 Å². The number of ether oxygens (including phenoxy) is 1. The Hall–Kier alpha value is -0.120. The number of rotatable bonds is 0. The molecule has 4 atom stereocenters. The van der Waals surface area contributed by atoms with Gasteiger partial charge in [-0.05, 0) is 12.3 Å². The predicted molar refractivity (Wildman–Crippen MR) is 50.4 cm³/mol. The zero-order valence-corrected chi connectivity index (χ0v) is 8.82. The second-order valence-electron chi connectivity index (χ2n) is 5.03. The molecule has 1 heterocycles. The Bertz CT molecular complexity index is 173. The van der Waals surface area contributed by atoms with Crippen molar-refractivity contribution in [2.75, 3.05) is 0 Å². The minimum atomic E-state index is -0.754. The van der Waals surface area contributed by atoms with Gasteiger partial charge >= 0.3 is 0 Å². The monoisotopic (exact) mass is 188 g/mol. The van der Waals surface area contributed by atoms with Crippen LogP contribution in [0, 0.1) is 5.41 Å². The fourth-order valence-corrected chi connectivity index (χ4v) is 1.78. The van der Waals surface area contributed by atoms with Gasteiger partial charge in [0, 0.05) is 6.42 Å². The molecule has 3 heteroatoms. The Morgan fingerprint density at radius 3 is 2.23 bits per heavy atom. The van der Waals surface area contributed by atoms with E-state index in [1.165, 1.54) is 0 Å². The Morgan fingerprint density at radius 1 is 1.23 bits per heavy atom. The maximum atomic E-state index is 9.72. The molecule has 2 N–H and O–H groups in total. The second-order valence-corrected chi connectivity index (χ2v) is 5.03. The average molecular weight is 188 g/mol. The van der Waals surface area contributed by atoms with Crippen molar-refractivity contribution < 1.29 is 14.9 Å². The lowest BCUT2D eigenvalue weighted by molar-refractivity contribution is -0.194. The summed E-state index contributed by atoms with van der Waals surface area (Å²) in [5.74, 6) is 0. The summed E-state index contributed by atoms with van der Waals surface area (Å²) in [7, 11) is 0. The smallest absolute Gasteiger partial charge is 0.107 e. The highest BCUT2D eigenvalue weighted by atomic mass is 16.5. The number of aliphatic hydroxyl groups excluding tert-OH is 2. The van der Waals surface area contributed by atoms with Gasteiger partial charge in [-0.1, -0.05) is 20.8 Å². The minimum Gasteiger partial charge on any atom is -0.390 e. The highest BCUT2D eigenvalue weighted by molar-refractivity contribution is 4.90. The quantitative estimate of drug-likeness (QED) is 0.594. The first-order valence-electron chi connectivity index (χ1n) is 4.84. The zero-order chi connectivity index (χ0) is 10.2. The van der Waals surface area contributed by atoms with Crippen molar-refractivity contribution in [3.05, 3.63) is 0 Å². The van der Waals surface area contributed by atoms with Crippen LogP contribution in [-0.2, 0) is 4.74 Å². The van der Waals surface area contributed by atoms with Crippen LogP contribution in [0.15, 0.2) is 0 Å². The van der Waals surface area contributed by atoms with Gasteiger partial charge < -0.3 is 14.9 Å². The standard InChI is InChI=1S/C10H20O3/c1-6-5-7(11)8(12)9(13-6)10(2,3)4/h6-9,11-12H,5H2,1-4H3/t6-,7+,8-,9-/m1/s1. The summed E-state index contributed by atoms with van der Waals surface area (Å²) >= 11 is 0. The van der Waals surface area contributed by atoms with Crippen molar-refractivity contribution in [2.24, 2.45) is 5.41 Å². The van der Waals surface area contributed by atoms with Gasteiger partial charge in [0.25, 0.3) is 0 Å². The van der Waals surface area contributed by atoms with Gasteiger partial charge in [-0.2, -0.15) is 0 Å². The molecular weight excluding hydrogens is 168 g/mol. The van der Waals surface area contributed by atoms with Crippen molar-refractivity contribution in [3.63, 3.8) is 0 Å². The van der Waals surface area contributed by atoms with Crippen molar-refractivity contribution in [1.82, 2.24) is 0 Å². The number of aliphatic hydroxyl groups is 2. The van der Waals surface area contributed by atoms with Crippen LogP contribution in [0.2, 0.25) is 0 Å². The van der Waals surface area contributed by atoms with Crippen LogP contribution in [0.25, 0.3) is 0 Å². The summed E-state index contributed by atoms with van der Waals surface area (Å²) in [6, 6.07) is 0. The summed E-state index contributed by atoms with van der Waals surface area (Å²) in [4.78, 5) is 0. The first-order chi connectivity index (χ1) is 5.82. The molecule has 1 aliphatic heterocycles. The van der Waals surface area contributed by atoms with Crippen LogP contribution >= 0.6 is 0 Å². The van der Waals surface area contributed by atoms with Gasteiger partial charge in [-0.25, -0.2) is 0 Å². The van der Waals surface area contributed by atoms with Gasteiger partial charge in [0.2, 0.25) is 0 Å². The van der Waals surface area contributed by atoms with Crippen molar-refractivity contribution in [3.8, 4) is 0 Å². The Labute approximate surface area is 79.7 Å². The van der Waals surface area contributed by atoms with E-state index in [4.69, 9.17) is 4.74 Å². The van der Waals surface area contributed by atoms with E-state index in [1.807, 2.05) is 27.7 Å². The molecule has 1 fully saturated rings. The van der Waals surface area contributed by atoms with E-state index in [1.54, 1.807) is 0 Å². The normalized spacial score (nSPS) is 42.0. The van der Waals surface area contributed by atoms with Crippen molar-refractivity contribution in [2.45, 2.75) is 58.5 Å². The summed E-state index contributed by atoms with van der Waals surface area (Å²) in [6.45, 7) is 7.94. The minimum absolute atomic E-state index is 0.0302. The highest BCUT2D eigenvalue weighted by Gasteiger charge is 2.41. The third kappa shape index (κ3) is 2.42. The molecular formula is C10H20O3. The molecule has 0 aromatic rings. The van der Waals surface area contributed by atoms with E-state index >= 15 is 0 Å². The Balaban J connectivity index is 2.72. The molecule has 0 radical (unpaired) electrons. The van der Waals surface area contributed by atoms with Crippen LogP contribution in [0.5, 0.6) is 0 Å². The summed E-state index contributed by atoms with van der Waals surface area (Å²) in [6.07, 6.45) is -1.12. The van der Waals surface area contributed by atoms with E-state index in [-0.39, 0.29) is 17.6 Å². The SMILES string of the molecule is C[C@@H]1C[C@H](O)[C@@H](O)[C@H](C(C)(C)C)O1. The van der Waals surface area contributed by atoms with Crippen molar-refractivity contribution in [1.29, 1.82) is 0 Å². The van der Waals surface area contributed by atoms with Gasteiger partial charge in [0.1, 0.15) is 6.10 Å². The zero-order valence-electron chi connectivity index (χ0n) is 8.82. The predicted octanol–water partition coefficient (Wildman–Crippen LogP) is 0.932. The van der Waals surface area contributed by atoms with Gasteiger partial charge in [-0.3, -0.25) is 0 Å². The number of hydrogen-bond acceptors (Lipinski definition) is 3. The molecule has 13 heavy (non-hydrogen) atoms. The van der Waals surface area contributed by atoms with E-state index in [0.29, 0.717) is 6.42 Å². The third-order valence-corrected chi connectivity index (χ3v) is 2.51. The van der Waals surface area contributed by atoms with Crippen molar-refractivity contribution >= 4 is 0 Å². The molecule has 3 nitrogen and oxygen atoms in total. The molecule has 1 aliphatic rings. The Kier molecular flexibility index (Phi) is 3.00. The van der Waals surface area contributed by atoms with Gasteiger partial charge in [0.15, 0.2) is 0 Å². The van der Waals surface area contributed by atoms with E-state index < -0.39 is 12.2 Å². The molecule has 0 bridgehead atoms. The largest absolute Gasteiger partial charge is 0.390 e. The average Bonchev–Trinajstić information content (AvgIpc) is 1.94. The van der Waals surface area contributed by atoms with Crippen LogP contribution in [0.1, 0.15) is 34.1 Å². The molecule has 1 saturated heterocycles. The molecule has 0 aromatic heterocycles. The lowest BCUT2D eigenvalue weighted by Gasteiger charge is -2.42. The van der Waals surface area contributed by atoms with Gasteiger partial charge in [-0.15, -0.1) is 0 Å². The highest BCUT2D eigenvalue weighted by Crippen LogP contribution is 2.32. The van der Waals surface area contributed by atoms with Gasteiger partial charge in [0.05, 0.1) is 18.3 Å². The summed E-state index contributed by atoms with van der Waals surface area (Å²) in [5, 5.41) is 19.3. The molecule has 0 aromatic carbocycles. The number of hydrogen-bond donors (Lipinski definition) is 2. The molecule has 0 unspecified atom stereocenters. The summed E-state index contributed by atoms with van der Waals surface area (Å²) < 4.78 is 5.62. The second kappa shape index (κ2) is 3.56. The van der Waals surface area contributed by atoms with E-state index in [2.05, 4.69) is 0 Å². The molecule has 0 saturated carbocycles. The fourth-order valence-electron chi connectivity index (χ4n) is 1.78. The molecule has 0 aliphatic carbocycles. The first kappa shape index (κ1) is 11.0. The molecule has 1 rings (SSSR count). The van der Waals surface area contributed by atoms with Crippen LogP contribution < -0.4 is 0 Å². The lowest BCUT2D eigenvalue weighted by Crippen LogP contribution is -2.52. The van der Waals surface area contributed by atoms with Crippen LogP contribution in [0.3, 0.4) is 0 Å². The molecule has 0 spiro atoms. The molecule has 78 valence electrons. The summed E-state index contributed by atoms with van der Waals surface area (Å²) in [5.41, 5.74) is -0.130. The molecule has 0 amide bonds. The maximum absolute atomic E-state index is 9.72. The Morgan fingerprint density at radius 2 is 1.77 bits per heavy atom. The fraction of sp³-hybridized carbons (Fsp3) is 1.00. The first-order valence-corrected chi connectivity index (χ1v) is 4.84. The van der Waals surface area contributed by atoms with E-state index in [0.717, 1.165) is 0 Å². The third-order valence-electron chi connectivity index (χ3n) is 2.51. The van der Waals surface area contributed by atoms with E-state index in [9.17, 15) is 10.2 Å². The van der Waals surface area contributed by atoms with Crippen LogP contribution in [-0.4, -0.2) is 34.6 Å². The maximum Gasteiger partial charge on any atom is 0.107 e.